The fourth-order valence-corrected chi connectivity index (χ4v) is 4.82. The van der Waals surface area contributed by atoms with Gasteiger partial charge in [0.1, 0.15) is 16.5 Å². The third kappa shape index (κ3) is 3.52. The van der Waals surface area contributed by atoms with Crippen LogP contribution >= 0.6 is 0 Å². The van der Waals surface area contributed by atoms with E-state index >= 15 is 0 Å². The van der Waals surface area contributed by atoms with E-state index in [1.165, 1.54) is 12.1 Å². The molecule has 1 amide bonds. The number of hydrogen-bond acceptors (Lipinski definition) is 4. The van der Waals surface area contributed by atoms with Crippen LogP contribution in [0.15, 0.2) is 51.8 Å². The molecule has 8 heteroatoms. The SMILES string of the molecule is O=C(NCc1ccccc1F)c1ccc2c(c1)S(=O)(=O)N=C1CCCCCN12. The predicted octanol–water partition coefficient (Wildman–Crippen LogP) is 3.24. The van der Waals surface area contributed by atoms with Crippen molar-refractivity contribution in [2.75, 3.05) is 11.4 Å². The first-order valence-corrected chi connectivity index (χ1v) is 10.7. The van der Waals surface area contributed by atoms with Gasteiger partial charge in [-0.3, -0.25) is 4.79 Å². The first-order chi connectivity index (χ1) is 13.5. The molecule has 1 saturated heterocycles. The molecule has 0 bridgehead atoms. The molecule has 1 fully saturated rings. The van der Waals surface area contributed by atoms with E-state index in [4.69, 9.17) is 0 Å². The van der Waals surface area contributed by atoms with Crippen molar-refractivity contribution in [2.45, 2.75) is 37.1 Å². The highest BCUT2D eigenvalue weighted by molar-refractivity contribution is 7.90. The van der Waals surface area contributed by atoms with Gasteiger partial charge in [0.05, 0.1) is 5.69 Å². The molecule has 2 aliphatic heterocycles. The first kappa shape index (κ1) is 18.6. The number of amides is 1. The maximum atomic E-state index is 13.7. The van der Waals surface area contributed by atoms with Crippen LogP contribution in [0.25, 0.3) is 0 Å². The summed E-state index contributed by atoms with van der Waals surface area (Å²) in [7, 11) is -3.85. The summed E-state index contributed by atoms with van der Waals surface area (Å²) in [5.74, 6) is -0.299. The van der Waals surface area contributed by atoms with Gasteiger partial charge in [0, 0.05) is 30.6 Å². The number of hydrogen-bond donors (Lipinski definition) is 1. The molecular weight excluding hydrogens is 381 g/mol. The van der Waals surface area contributed by atoms with Gasteiger partial charge in [-0.25, -0.2) is 4.39 Å². The molecule has 1 N–H and O–H groups in total. The molecule has 2 heterocycles. The van der Waals surface area contributed by atoms with Crippen LogP contribution in [0.1, 0.15) is 41.6 Å². The van der Waals surface area contributed by atoms with Crippen molar-refractivity contribution in [1.29, 1.82) is 0 Å². The van der Waals surface area contributed by atoms with Crippen LogP contribution in [0.3, 0.4) is 0 Å². The van der Waals surface area contributed by atoms with E-state index in [0.29, 0.717) is 30.1 Å². The van der Waals surface area contributed by atoms with Gasteiger partial charge in [0.25, 0.3) is 15.9 Å². The van der Waals surface area contributed by atoms with Crippen molar-refractivity contribution < 1.29 is 17.6 Å². The van der Waals surface area contributed by atoms with Crippen LogP contribution in [0.4, 0.5) is 10.1 Å². The highest BCUT2D eigenvalue weighted by Gasteiger charge is 2.32. The lowest BCUT2D eigenvalue weighted by Crippen LogP contribution is -2.35. The topological polar surface area (TPSA) is 78.8 Å². The van der Waals surface area contributed by atoms with Crippen LogP contribution in [-0.2, 0) is 16.6 Å². The molecule has 4 rings (SSSR count). The molecule has 2 aliphatic rings. The first-order valence-electron chi connectivity index (χ1n) is 9.23. The lowest BCUT2D eigenvalue weighted by Gasteiger charge is -2.29. The van der Waals surface area contributed by atoms with Crippen molar-refractivity contribution in [3.63, 3.8) is 0 Å². The predicted molar refractivity (Wildman–Crippen MR) is 104 cm³/mol. The number of carbonyl (C=O) groups excluding carboxylic acids is 1. The summed E-state index contributed by atoms with van der Waals surface area (Å²) < 4.78 is 43.0. The molecular formula is C20H20FN3O3S. The van der Waals surface area contributed by atoms with Crippen LogP contribution in [0.5, 0.6) is 0 Å². The maximum absolute atomic E-state index is 13.7. The maximum Gasteiger partial charge on any atom is 0.286 e. The zero-order valence-electron chi connectivity index (χ0n) is 15.2. The molecule has 0 aromatic heterocycles. The Hall–Kier alpha value is -2.74. The minimum absolute atomic E-state index is 0.0176. The minimum Gasteiger partial charge on any atom is -0.348 e. The van der Waals surface area contributed by atoms with E-state index in [1.807, 2.05) is 4.90 Å². The van der Waals surface area contributed by atoms with E-state index in [0.717, 1.165) is 19.3 Å². The van der Waals surface area contributed by atoms with Crippen LogP contribution in [0.2, 0.25) is 0 Å². The van der Waals surface area contributed by atoms with Crippen LogP contribution in [0, 0.1) is 5.82 Å². The molecule has 2 aromatic rings. The highest BCUT2D eigenvalue weighted by Crippen LogP contribution is 2.35. The van der Waals surface area contributed by atoms with Crippen molar-refractivity contribution in [1.82, 2.24) is 5.32 Å². The fraction of sp³-hybridized carbons (Fsp3) is 0.300. The molecule has 2 aromatic carbocycles. The Morgan fingerprint density at radius 3 is 2.79 bits per heavy atom. The van der Waals surface area contributed by atoms with E-state index < -0.39 is 21.7 Å². The lowest BCUT2D eigenvalue weighted by atomic mass is 10.1. The molecule has 0 saturated carbocycles. The Balaban J connectivity index is 1.61. The quantitative estimate of drug-likeness (QED) is 0.856. The second-order valence-electron chi connectivity index (χ2n) is 6.90. The molecule has 0 spiro atoms. The molecule has 0 unspecified atom stereocenters. The number of fused-ring (bicyclic) bond motifs is 3. The Morgan fingerprint density at radius 1 is 1.14 bits per heavy atom. The molecule has 146 valence electrons. The standard InChI is InChI=1S/C20H20FN3O3S/c21-16-7-4-3-6-15(16)13-22-20(25)14-9-10-17-18(12-14)28(26,27)23-19-8-2-1-5-11-24(17)19/h3-4,6-7,9-10,12H,1-2,5,8,11,13H2,(H,22,25). The van der Waals surface area contributed by atoms with E-state index in [-0.39, 0.29) is 17.0 Å². The molecule has 0 atom stereocenters. The van der Waals surface area contributed by atoms with Crippen molar-refractivity contribution >= 4 is 27.5 Å². The van der Waals surface area contributed by atoms with Gasteiger partial charge < -0.3 is 10.2 Å². The number of rotatable bonds is 3. The largest absolute Gasteiger partial charge is 0.348 e. The third-order valence-corrected chi connectivity index (χ3v) is 6.34. The van der Waals surface area contributed by atoms with Gasteiger partial charge in [-0.1, -0.05) is 24.6 Å². The number of halogens is 1. The highest BCUT2D eigenvalue weighted by atomic mass is 32.2. The molecule has 0 radical (unpaired) electrons. The Labute approximate surface area is 163 Å². The number of sulfonamides is 1. The number of anilines is 1. The lowest BCUT2D eigenvalue weighted by molar-refractivity contribution is 0.0950. The van der Waals surface area contributed by atoms with Gasteiger partial charge in [-0.2, -0.15) is 8.42 Å². The average molecular weight is 401 g/mol. The number of carbonyl (C=O) groups is 1. The normalized spacial score (nSPS) is 17.8. The van der Waals surface area contributed by atoms with Gasteiger partial charge in [0.15, 0.2) is 0 Å². The fourth-order valence-electron chi connectivity index (χ4n) is 3.54. The van der Waals surface area contributed by atoms with Crippen LogP contribution < -0.4 is 10.2 Å². The summed E-state index contributed by atoms with van der Waals surface area (Å²) in [6.07, 6.45) is 3.53. The third-order valence-electron chi connectivity index (χ3n) is 5.01. The summed E-state index contributed by atoms with van der Waals surface area (Å²) in [6, 6.07) is 10.8. The minimum atomic E-state index is -3.85. The molecule has 28 heavy (non-hydrogen) atoms. The van der Waals surface area contributed by atoms with E-state index in [1.54, 1.807) is 30.3 Å². The zero-order chi connectivity index (χ0) is 19.7. The summed E-state index contributed by atoms with van der Waals surface area (Å²) in [4.78, 5) is 14.5. The summed E-state index contributed by atoms with van der Waals surface area (Å²) in [5, 5.41) is 2.63. The number of benzene rings is 2. The number of nitrogens with zero attached hydrogens (tertiary/aromatic N) is 2. The van der Waals surface area contributed by atoms with Gasteiger partial charge in [-0.05, 0) is 37.1 Å². The van der Waals surface area contributed by atoms with Gasteiger partial charge in [-0.15, -0.1) is 4.40 Å². The van der Waals surface area contributed by atoms with Crippen molar-refractivity contribution in [3.8, 4) is 0 Å². The molecule has 0 aliphatic carbocycles. The van der Waals surface area contributed by atoms with Gasteiger partial charge in [0.2, 0.25) is 0 Å². The van der Waals surface area contributed by atoms with Crippen molar-refractivity contribution in [2.24, 2.45) is 4.40 Å². The smallest absolute Gasteiger partial charge is 0.286 e. The second kappa shape index (κ2) is 7.35. The Kier molecular flexibility index (Phi) is 4.89. The van der Waals surface area contributed by atoms with E-state index in [2.05, 4.69) is 9.71 Å². The summed E-state index contributed by atoms with van der Waals surface area (Å²) in [6.45, 7) is 0.726. The number of nitrogens with one attached hydrogen (secondary N) is 1. The molecule has 6 nitrogen and oxygen atoms in total. The Bertz CT molecular complexity index is 1070. The summed E-state index contributed by atoms with van der Waals surface area (Å²) >= 11 is 0. The number of amidine groups is 1. The van der Waals surface area contributed by atoms with Crippen LogP contribution in [-0.4, -0.2) is 26.7 Å². The van der Waals surface area contributed by atoms with E-state index in [9.17, 15) is 17.6 Å². The summed E-state index contributed by atoms with van der Waals surface area (Å²) in [5.41, 5.74) is 1.13. The average Bonchev–Trinajstić information content (AvgIpc) is 2.91. The van der Waals surface area contributed by atoms with Crippen molar-refractivity contribution in [3.05, 3.63) is 59.4 Å². The zero-order valence-corrected chi connectivity index (χ0v) is 16.0. The van der Waals surface area contributed by atoms with Gasteiger partial charge >= 0.3 is 0 Å². The second-order valence-corrected chi connectivity index (χ2v) is 8.47. The monoisotopic (exact) mass is 401 g/mol. The Morgan fingerprint density at radius 2 is 1.96 bits per heavy atom.